The number of nitrogens with one attached hydrogen (secondary N) is 3. The quantitative estimate of drug-likeness (QED) is 0.282. The Bertz CT molecular complexity index is 1560. The number of hydrogen-bond acceptors (Lipinski definition) is 8. The first-order chi connectivity index (χ1) is 22.7. The number of amides is 3. The molecule has 1 fully saturated rings. The summed E-state index contributed by atoms with van der Waals surface area (Å²) in [4.78, 5) is 28.4. The van der Waals surface area contributed by atoms with Crippen LogP contribution in [0.1, 0.15) is 50.2 Å². The van der Waals surface area contributed by atoms with Crippen LogP contribution in [0.3, 0.4) is 0 Å². The van der Waals surface area contributed by atoms with Crippen LogP contribution in [0.15, 0.2) is 48.5 Å². The summed E-state index contributed by atoms with van der Waals surface area (Å²) in [7, 11) is 1.59. The molecular formula is C36H46N4O7. The molecule has 5 rings (SSSR count). The normalized spacial score (nSPS) is 19.3. The van der Waals surface area contributed by atoms with E-state index in [1.165, 1.54) is 11.1 Å². The number of piperidine rings is 1. The molecule has 1 saturated heterocycles. The van der Waals surface area contributed by atoms with Gasteiger partial charge in [0, 0.05) is 51.5 Å². The highest BCUT2D eigenvalue weighted by atomic mass is 16.5. The number of methoxy groups -OCH3 is 1. The third-order valence-corrected chi connectivity index (χ3v) is 8.78. The van der Waals surface area contributed by atoms with E-state index in [0.717, 1.165) is 35.3 Å². The molecule has 0 saturated carbocycles. The Kier molecular flexibility index (Phi) is 11.7. The van der Waals surface area contributed by atoms with E-state index in [9.17, 15) is 14.7 Å². The monoisotopic (exact) mass is 646 g/mol. The van der Waals surface area contributed by atoms with Crippen molar-refractivity contribution in [3.63, 3.8) is 0 Å². The average Bonchev–Trinajstić information content (AvgIpc) is 3.05. The van der Waals surface area contributed by atoms with Gasteiger partial charge in [-0.15, -0.1) is 0 Å². The van der Waals surface area contributed by atoms with E-state index in [0.29, 0.717) is 55.6 Å². The van der Waals surface area contributed by atoms with Crippen molar-refractivity contribution in [2.45, 2.75) is 59.1 Å². The van der Waals surface area contributed by atoms with Gasteiger partial charge >= 0.3 is 6.03 Å². The number of rotatable bonds is 7. The summed E-state index contributed by atoms with van der Waals surface area (Å²) in [5.74, 6) is 1.22. The van der Waals surface area contributed by atoms with Crippen molar-refractivity contribution < 1.29 is 33.6 Å². The number of fused-ring (bicyclic) bond motifs is 5. The van der Waals surface area contributed by atoms with Crippen LogP contribution >= 0.6 is 0 Å². The molecule has 3 aromatic rings. The number of ether oxygens (including phenoxy) is 4. The van der Waals surface area contributed by atoms with E-state index in [-0.39, 0.29) is 43.8 Å². The van der Waals surface area contributed by atoms with Crippen LogP contribution in [-0.4, -0.2) is 80.6 Å². The van der Waals surface area contributed by atoms with Gasteiger partial charge in [-0.25, -0.2) is 4.79 Å². The molecule has 2 heterocycles. The van der Waals surface area contributed by atoms with Gasteiger partial charge < -0.3 is 40.0 Å². The number of aryl methyl sites for hydroxylation is 2. The molecule has 2 aliphatic rings. The Balaban J connectivity index is 1.36. The zero-order valence-corrected chi connectivity index (χ0v) is 27.7. The van der Waals surface area contributed by atoms with Crippen molar-refractivity contribution in [2.75, 3.05) is 46.5 Å². The minimum absolute atomic E-state index is 0.0129. The van der Waals surface area contributed by atoms with Crippen LogP contribution in [0, 0.1) is 20.8 Å². The van der Waals surface area contributed by atoms with Crippen molar-refractivity contribution >= 4 is 11.9 Å². The lowest BCUT2D eigenvalue weighted by Gasteiger charge is -2.39. The highest BCUT2D eigenvalue weighted by Crippen LogP contribution is 2.30. The number of nitrogens with zero attached hydrogens (tertiary/aromatic N) is 1. The van der Waals surface area contributed by atoms with Crippen molar-refractivity contribution in [3.8, 4) is 17.2 Å². The van der Waals surface area contributed by atoms with Crippen LogP contribution in [0.2, 0.25) is 0 Å². The Morgan fingerprint density at radius 3 is 2.57 bits per heavy atom. The third-order valence-electron chi connectivity index (χ3n) is 8.78. The lowest BCUT2D eigenvalue weighted by atomic mass is 9.92. The fourth-order valence-electron chi connectivity index (χ4n) is 6.24. The molecule has 0 radical (unpaired) electrons. The molecule has 252 valence electrons. The van der Waals surface area contributed by atoms with E-state index in [4.69, 9.17) is 18.9 Å². The van der Waals surface area contributed by atoms with Gasteiger partial charge in [-0.1, -0.05) is 18.2 Å². The van der Waals surface area contributed by atoms with E-state index in [1.807, 2.05) is 31.2 Å². The lowest BCUT2D eigenvalue weighted by molar-refractivity contribution is -0.0304. The minimum Gasteiger partial charge on any atom is -0.491 e. The Morgan fingerprint density at radius 1 is 0.957 bits per heavy atom. The number of urea groups is 1. The summed E-state index contributed by atoms with van der Waals surface area (Å²) >= 11 is 0. The number of benzene rings is 3. The molecule has 2 atom stereocenters. The highest BCUT2D eigenvalue weighted by molar-refractivity contribution is 5.95. The van der Waals surface area contributed by atoms with E-state index < -0.39 is 0 Å². The van der Waals surface area contributed by atoms with Gasteiger partial charge in [0.2, 0.25) is 0 Å². The minimum atomic E-state index is -0.310. The lowest BCUT2D eigenvalue weighted by Crippen LogP contribution is -2.56. The molecule has 4 N–H and O–H groups in total. The maximum Gasteiger partial charge on any atom is 0.315 e. The van der Waals surface area contributed by atoms with E-state index in [2.05, 4.69) is 40.8 Å². The van der Waals surface area contributed by atoms with Gasteiger partial charge in [-0.3, -0.25) is 9.69 Å². The van der Waals surface area contributed by atoms with Crippen molar-refractivity contribution in [2.24, 2.45) is 0 Å². The summed E-state index contributed by atoms with van der Waals surface area (Å²) in [5.41, 5.74) is 6.90. The van der Waals surface area contributed by atoms with Crippen LogP contribution in [0.5, 0.6) is 17.2 Å². The molecule has 4 bridgehead atoms. The van der Waals surface area contributed by atoms with Crippen molar-refractivity contribution in [1.29, 1.82) is 0 Å². The summed E-state index contributed by atoms with van der Waals surface area (Å²) in [6, 6.07) is 14.3. The van der Waals surface area contributed by atoms with Crippen molar-refractivity contribution in [3.05, 3.63) is 87.5 Å². The topological polar surface area (TPSA) is 131 Å². The molecule has 3 aromatic carbocycles. The van der Waals surface area contributed by atoms with Crippen LogP contribution in [-0.2, 0) is 29.2 Å². The number of carbonyl (C=O) groups excluding carboxylic acids is 2. The number of aliphatic hydroxyl groups is 1. The fourth-order valence-corrected chi connectivity index (χ4v) is 6.24. The Hall–Kier alpha value is -4.16. The van der Waals surface area contributed by atoms with Gasteiger partial charge in [0.1, 0.15) is 23.9 Å². The first kappa shape index (κ1) is 34.2. The largest absolute Gasteiger partial charge is 0.491 e. The van der Waals surface area contributed by atoms with Crippen LogP contribution < -0.4 is 25.4 Å². The number of carbonyl (C=O) groups is 2. The van der Waals surface area contributed by atoms with Crippen molar-refractivity contribution in [1.82, 2.24) is 20.9 Å². The molecule has 47 heavy (non-hydrogen) atoms. The van der Waals surface area contributed by atoms with E-state index >= 15 is 0 Å². The molecule has 0 aromatic heterocycles. The smallest absolute Gasteiger partial charge is 0.315 e. The summed E-state index contributed by atoms with van der Waals surface area (Å²) < 4.78 is 23.6. The summed E-state index contributed by atoms with van der Waals surface area (Å²) in [6.07, 6.45) is 0.433. The predicted octanol–water partition coefficient (Wildman–Crippen LogP) is 4.12. The standard InChI is InChI=1S/C36H46N4O7/c1-23-14-24(2)32(21-41)25(3)31(23)19-40-11-8-33-34(20-40)46-22-26-6-5-7-28(15-26)47-30-17-27(16-29(18-30)45-13-12-44-4)35(42)37-9-10-38-36(43)39-33/h5-7,14-18,33-34,41H,8-13,19-22H2,1-4H3,(H,37,42)(H2,38,39,43)/t33-,34-/m0/s1. The molecule has 11 heteroatoms. The molecule has 11 nitrogen and oxygen atoms in total. The summed E-state index contributed by atoms with van der Waals surface area (Å²) in [5, 5.41) is 18.8. The first-order valence-corrected chi connectivity index (χ1v) is 16.1. The predicted molar refractivity (Wildman–Crippen MR) is 178 cm³/mol. The second-order valence-corrected chi connectivity index (χ2v) is 12.2. The molecular weight excluding hydrogens is 600 g/mol. The Morgan fingerprint density at radius 2 is 1.77 bits per heavy atom. The van der Waals surface area contributed by atoms with Gasteiger partial charge in [-0.2, -0.15) is 0 Å². The molecule has 0 aliphatic carbocycles. The average molecular weight is 647 g/mol. The SMILES string of the molecule is COCCOc1cc2cc(c1)C(=O)NCCNC(=O)N[C@H]1CCN(Cc3c(C)cc(C)c(CO)c3C)C[C@@H]1OCc1cccc(c1)O2. The molecule has 0 unspecified atom stereocenters. The maximum atomic E-state index is 13.0. The second kappa shape index (κ2) is 16.1. The van der Waals surface area contributed by atoms with Crippen LogP contribution in [0.4, 0.5) is 4.79 Å². The summed E-state index contributed by atoms with van der Waals surface area (Å²) in [6.45, 7) is 9.90. The second-order valence-electron chi connectivity index (χ2n) is 12.2. The third kappa shape index (κ3) is 9.01. The highest BCUT2D eigenvalue weighted by Gasteiger charge is 2.32. The maximum absolute atomic E-state index is 13.0. The zero-order valence-electron chi connectivity index (χ0n) is 27.7. The van der Waals surface area contributed by atoms with Gasteiger partial charge in [0.05, 0.1) is 32.0 Å². The number of likely N-dealkylation sites (tertiary alicyclic amines) is 1. The molecule has 3 amide bonds. The van der Waals surface area contributed by atoms with Gasteiger partial charge in [-0.05, 0) is 84.8 Å². The first-order valence-electron chi connectivity index (χ1n) is 16.1. The fraction of sp³-hybridized carbons (Fsp3) is 0.444. The number of hydrogen-bond donors (Lipinski definition) is 4. The van der Waals surface area contributed by atoms with Gasteiger partial charge in [0.25, 0.3) is 5.91 Å². The van der Waals surface area contributed by atoms with Crippen LogP contribution in [0.25, 0.3) is 0 Å². The van der Waals surface area contributed by atoms with E-state index in [1.54, 1.807) is 25.3 Å². The zero-order chi connectivity index (χ0) is 33.3. The Labute approximate surface area is 276 Å². The van der Waals surface area contributed by atoms with Gasteiger partial charge in [0.15, 0.2) is 0 Å². The molecule has 0 spiro atoms. The number of aliphatic hydroxyl groups excluding tert-OH is 1. The molecule has 2 aliphatic heterocycles.